The second-order valence-corrected chi connectivity index (χ2v) is 7.20. The highest BCUT2D eigenvalue weighted by molar-refractivity contribution is 5.92. The van der Waals surface area contributed by atoms with E-state index in [1.165, 1.54) is 12.1 Å². The third-order valence-corrected chi connectivity index (χ3v) is 5.18. The first kappa shape index (κ1) is 19.1. The molecule has 0 N–H and O–H groups in total. The lowest BCUT2D eigenvalue weighted by Crippen LogP contribution is -2.38. The van der Waals surface area contributed by atoms with Crippen LogP contribution in [0.15, 0.2) is 66.9 Å². The molecular formula is C23H23FN4O. The molecule has 29 heavy (non-hydrogen) atoms. The van der Waals surface area contributed by atoms with Crippen LogP contribution in [0.3, 0.4) is 0 Å². The molecule has 0 unspecified atom stereocenters. The van der Waals surface area contributed by atoms with E-state index in [2.05, 4.69) is 10.3 Å². The quantitative estimate of drug-likeness (QED) is 0.645. The van der Waals surface area contributed by atoms with Crippen LogP contribution < -0.4 is 0 Å². The first-order chi connectivity index (χ1) is 14.2. The van der Waals surface area contributed by atoms with E-state index in [1.807, 2.05) is 47.4 Å². The standard InChI is InChI=1S/C23H23FN4O/c24-20-13-11-19(12-14-20)22-10-4-5-16-28(22)23(29)21-17-27(26-25-21)15-6-9-18-7-2-1-3-8-18/h1-3,6-9,11-14,17,22H,4-5,10,15-16H2/b9-6+/t22-/m0/s1. The van der Waals surface area contributed by atoms with Crippen molar-refractivity contribution in [3.63, 3.8) is 0 Å². The number of nitrogens with zero attached hydrogens (tertiary/aromatic N) is 4. The summed E-state index contributed by atoms with van der Waals surface area (Å²) in [6.07, 6.45) is 8.55. The third-order valence-electron chi connectivity index (χ3n) is 5.18. The van der Waals surface area contributed by atoms with E-state index < -0.39 is 0 Å². The number of allylic oxidation sites excluding steroid dienone is 1. The molecule has 148 valence electrons. The first-order valence-electron chi connectivity index (χ1n) is 9.89. The van der Waals surface area contributed by atoms with Crippen LogP contribution in [0.25, 0.3) is 6.08 Å². The molecule has 1 aliphatic heterocycles. The molecule has 3 aromatic rings. The fourth-order valence-corrected chi connectivity index (χ4v) is 3.70. The molecule has 1 atom stereocenters. The summed E-state index contributed by atoms with van der Waals surface area (Å²) in [5, 5.41) is 8.18. The number of piperidine rings is 1. The lowest BCUT2D eigenvalue weighted by Gasteiger charge is -2.35. The van der Waals surface area contributed by atoms with Gasteiger partial charge in [0.2, 0.25) is 0 Å². The Morgan fingerprint density at radius 1 is 1.10 bits per heavy atom. The Balaban J connectivity index is 1.45. The van der Waals surface area contributed by atoms with Crippen LogP contribution >= 0.6 is 0 Å². The predicted octanol–water partition coefficient (Wildman–Crippen LogP) is 4.50. The number of benzene rings is 2. The molecule has 0 spiro atoms. The summed E-state index contributed by atoms with van der Waals surface area (Å²) in [5.41, 5.74) is 2.41. The van der Waals surface area contributed by atoms with Gasteiger partial charge in [-0.3, -0.25) is 4.79 Å². The molecule has 1 amide bonds. The van der Waals surface area contributed by atoms with Crippen molar-refractivity contribution in [1.29, 1.82) is 0 Å². The van der Waals surface area contributed by atoms with Gasteiger partial charge >= 0.3 is 0 Å². The molecule has 2 heterocycles. The summed E-state index contributed by atoms with van der Waals surface area (Å²) in [4.78, 5) is 14.9. The zero-order chi connectivity index (χ0) is 20.1. The monoisotopic (exact) mass is 390 g/mol. The fraction of sp³-hybridized carbons (Fsp3) is 0.261. The molecule has 2 aromatic carbocycles. The van der Waals surface area contributed by atoms with E-state index >= 15 is 0 Å². The van der Waals surface area contributed by atoms with Gasteiger partial charge in [-0.05, 0) is 42.5 Å². The molecule has 0 bridgehead atoms. The summed E-state index contributed by atoms with van der Waals surface area (Å²) >= 11 is 0. The number of likely N-dealkylation sites (tertiary alicyclic amines) is 1. The van der Waals surface area contributed by atoms with E-state index in [1.54, 1.807) is 23.0 Å². The Morgan fingerprint density at radius 2 is 1.90 bits per heavy atom. The van der Waals surface area contributed by atoms with Crippen LogP contribution in [0.4, 0.5) is 4.39 Å². The highest BCUT2D eigenvalue weighted by Crippen LogP contribution is 2.31. The van der Waals surface area contributed by atoms with Crippen molar-refractivity contribution >= 4 is 12.0 Å². The van der Waals surface area contributed by atoms with Gasteiger partial charge in [-0.25, -0.2) is 9.07 Å². The second kappa shape index (κ2) is 8.82. The van der Waals surface area contributed by atoms with Crippen molar-refractivity contribution < 1.29 is 9.18 Å². The number of amides is 1. The van der Waals surface area contributed by atoms with Crippen molar-refractivity contribution in [3.05, 3.63) is 89.5 Å². The topological polar surface area (TPSA) is 51.0 Å². The highest BCUT2D eigenvalue weighted by Gasteiger charge is 2.30. The maximum absolute atomic E-state index is 13.3. The minimum absolute atomic E-state index is 0.0556. The lowest BCUT2D eigenvalue weighted by molar-refractivity contribution is 0.0605. The van der Waals surface area contributed by atoms with E-state index in [4.69, 9.17) is 0 Å². The molecule has 1 aromatic heterocycles. The number of hydrogen-bond donors (Lipinski definition) is 0. The summed E-state index contributed by atoms with van der Waals surface area (Å²) in [6.45, 7) is 1.21. The molecule has 6 heteroatoms. The number of halogens is 1. The van der Waals surface area contributed by atoms with Crippen LogP contribution in [0, 0.1) is 5.82 Å². The Morgan fingerprint density at radius 3 is 2.69 bits per heavy atom. The zero-order valence-electron chi connectivity index (χ0n) is 16.1. The molecule has 1 saturated heterocycles. The Bertz CT molecular complexity index is 982. The van der Waals surface area contributed by atoms with Gasteiger partial charge in [0.25, 0.3) is 5.91 Å². The van der Waals surface area contributed by atoms with Crippen molar-refractivity contribution in [2.45, 2.75) is 31.8 Å². The SMILES string of the molecule is O=C(c1cn(C/C=C/c2ccccc2)nn1)N1CCCC[C@H]1c1ccc(F)cc1. The maximum atomic E-state index is 13.3. The molecule has 0 saturated carbocycles. The van der Waals surface area contributed by atoms with Gasteiger partial charge in [0.05, 0.1) is 18.8 Å². The Labute approximate surface area is 169 Å². The fourth-order valence-electron chi connectivity index (χ4n) is 3.70. The minimum Gasteiger partial charge on any atom is -0.330 e. The van der Waals surface area contributed by atoms with Gasteiger partial charge in [0.1, 0.15) is 5.82 Å². The van der Waals surface area contributed by atoms with Crippen LogP contribution in [0.5, 0.6) is 0 Å². The smallest absolute Gasteiger partial charge is 0.276 e. The molecular weight excluding hydrogens is 367 g/mol. The third kappa shape index (κ3) is 4.59. The van der Waals surface area contributed by atoms with E-state index in [-0.39, 0.29) is 17.8 Å². The van der Waals surface area contributed by atoms with Gasteiger partial charge in [-0.15, -0.1) is 5.10 Å². The van der Waals surface area contributed by atoms with Gasteiger partial charge < -0.3 is 4.90 Å². The lowest BCUT2D eigenvalue weighted by atomic mass is 9.95. The maximum Gasteiger partial charge on any atom is 0.276 e. The summed E-state index contributed by atoms with van der Waals surface area (Å²) < 4.78 is 14.9. The van der Waals surface area contributed by atoms with Crippen LogP contribution in [-0.2, 0) is 6.54 Å². The number of carbonyl (C=O) groups excluding carboxylic acids is 1. The number of rotatable bonds is 5. The second-order valence-electron chi connectivity index (χ2n) is 7.20. The minimum atomic E-state index is -0.270. The van der Waals surface area contributed by atoms with Gasteiger partial charge in [0, 0.05) is 6.54 Å². The van der Waals surface area contributed by atoms with E-state index in [0.717, 1.165) is 30.4 Å². The van der Waals surface area contributed by atoms with Gasteiger partial charge in [-0.1, -0.05) is 59.8 Å². The largest absolute Gasteiger partial charge is 0.330 e. The predicted molar refractivity (Wildman–Crippen MR) is 110 cm³/mol. The van der Waals surface area contributed by atoms with Crippen LogP contribution in [0.2, 0.25) is 0 Å². The highest BCUT2D eigenvalue weighted by atomic mass is 19.1. The van der Waals surface area contributed by atoms with Crippen molar-refractivity contribution in [1.82, 2.24) is 19.9 Å². The molecule has 5 nitrogen and oxygen atoms in total. The van der Waals surface area contributed by atoms with Crippen LogP contribution in [-0.4, -0.2) is 32.3 Å². The van der Waals surface area contributed by atoms with Crippen LogP contribution in [0.1, 0.15) is 46.9 Å². The average Bonchev–Trinajstić information content (AvgIpc) is 3.23. The summed E-state index contributed by atoms with van der Waals surface area (Å²) in [7, 11) is 0. The molecule has 1 fully saturated rings. The number of hydrogen-bond acceptors (Lipinski definition) is 3. The van der Waals surface area contributed by atoms with E-state index in [9.17, 15) is 9.18 Å². The van der Waals surface area contributed by atoms with Crippen molar-refractivity contribution in [2.75, 3.05) is 6.54 Å². The van der Waals surface area contributed by atoms with Crippen molar-refractivity contribution in [3.8, 4) is 0 Å². The number of carbonyl (C=O) groups is 1. The average molecular weight is 390 g/mol. The Hall–Kier alpha value is -3.28. The molecule has 0 aliphatic carbocycles. The van der Waals surface area contributed by atoms with Crippen molar-refractivity contribution in [2.24, 2.45) is 0 Å². The van der Waals surface area contributed by atoms with Gasteiger partial charge in [-0.2, -0.15) is 0 Å². The molecule has 0 radical (unpaired) electrons. The number of aromatic nitrogens is 3. The zero-order valence-corrected chi connectivity index (χ0v) is 16.1. The molecule has 1 aliphatic rings. The summed E-state index contributed by atoms with van der Waals surface area (Å²) in [5.74, 6) is -0.397. The first-order valence-corrected chi connectivity index (χ1v) is 9.89. The summed E-state index contributed by atoms with van der Waals surface area (Å²) in [6, 6.07) is 16.4. The van der Waals surface area contributed by atoms with Gasteiger partial charge in [0.15, 0.2) is 5.69 Å². The normalized spacial score (nSPS) is 17.0. The Kier molecular flexibility index (Phi) is 5.79. The van der Waals surface area contributed by atoms with E-state index in [0.29, 0.717) is 18.8 Å². The molecule has 4 rings (SSSR count).